The number of anilines is 1. The summed E-state index contributed by atoms with van der Waals surface area (Å²) < 4.78 is 3.81. The van der Waals surface area contributed by atoms with Gasteiger partial charge in [-0.05, 0) is 29.6 Å². The highest BCUT2D eigenvalue weighted by molar-refractivity contribution is 7.08. The van der Waals surface area contributed by atoms with Crippen LogP contribution in [0.3, 0.4) is 0 Å². The van der Waals surface area contributed by atoms with E-state index in [1.54, 1.807) is 12.1 Å². The molecule has 1 aliphatic rings. The van der Waals surface area contributed by atoms with Crippen molar-refractivity contribution in [1.29, 1.82) is 0 Å². The third-order valence-electron chi connectivity index (χ3n) is 3.56. The number of hydrogen-bond donors (Lipinski definition) is 1. The fraction of sp³-hybridized carbons (Fsp3) is 0.286. The largest absolute Gasteiger partial charge is 0.480 e. The highest BCUT2D eigenvalue weighted by Gasteiger charge is 2.39. The van der Waals surface area contributed by atoms with Crippen LogP contribution in [-0.2, 0) is 17.6 Å². The van der Waals surface area contributed by atoms with Crippen molar-refractivity contribution in [3.8, 4) is 0 Å². The van der Waals surface area contributed by atoms with Crippen LogP contribution in [0.2, 0.25) is 0 Å². The van der Waals surface area contributed by atoms with Gasteiger partial charge in [-0.25, -0.2) is 4.79 Å². The van der Waals surface area contributed by atoms with Gasteiger partial charge < -0.3 is 5.11 Å². The number of fused-ring (bicyclic) bond motifs is 1. The third kappa shape index (κ3) is 2.19. The van der Waals surface area contributed by atoms with Crippen LogP contribution in [0.25, 0.3) is 0 Å². The molecule has 108 valence electrons. The summed E-state index contributed by atoms with van der Waals surface area (Å²) in [6.07, 6.45) is 0.912. The maximum absolute atomic E-state index is 12.8. The molecule has 6 nitrogen and oxygen atoms in total. The van der Waals surface area contributed by atoms with E-state index in [1.165, 1.54) is 4.90 Å². The molecule has 7 heteroatoms. The first-order valence-corrected chi connectivity index (χ1v) is 7.36. The molecule has 0 bridgehead atoms. The smallest absolute Gasteiger partial charge is 0.327 e. The second kappa shape index (κ2) is 5.25. The fourth-order valence-electron chi connectivity index (χ4n) is 2.55. The van der Waals surface area contributed by atoms with Gasteiger partial charge in [0, 0.05) is 12.1 Å². The number of amides is 1. The van der Waals surface area contributed by atoms with E-state index in [0.717, 1.165) is 17.1 Å². The lowest BCUT2D eigenvalue weighted by molar-refractivity contribution is -0.138. The van der Waals surface area contributed by atoms with E-state index in [0.29, 0.717) is 29.1 Å². The number of aryl methyl sites for hydroxylation is 1. The van der Waals surface area contributed by atoms with Crippen LogP contribution in [0.5, 0.6) is 0 Å². The lowest BCUT2D eigenvalue weighted by Crippen LogP contribution is -2.42. The number of carbonyl (C=O) groups excluding carboxylic acids is 1. The lowest BCUT2D eigenvalue weighted by atomic mass is 10.1. The first-order chi connectivity index (χ1) is 10.1. The number of carbonyl (C=O) groups is 2. The number of aromatic nitrogens is 2. The predicted octanol–water partition coefficient (Wildman–Crippen LogP) is 1.76. The van der Waals surface area contributed by atoms with Gasteiger partial charge in [0.1, 0.15) is 10.9 Å². The Kier molecular flexibility index (Phi) is 3.42. The van der Waals surface area contributed by atoms with Gasteiger partial charge >= 0.3 is 5.97 Å². The monoisotopic (exact) mass is 303 g/mol. The number of benzene rings is 1. The average Bonchev–Trinajstić information content (AvgIpc) is 3.10. The molecule has 1 atom stereocenters. The number of aliphatic carboxylic acids is 1. The van der Waals surface area contributed by atoms with E-state index in [2.05, 4.69) is 9.59 Å². The molecule has 2 aromatic rings. The number of nitrogens with zero attached hydrogens (tertiary/aromatic N) is 3. The zero-order valence-electron chi connectivity index (χ0n) is 11.3. The maximum atomic E-state index is 12.8. The molecule has 1 amide bonds. The van der Waals surface area contributed by atoms with E-state index in [-0.39, 0.29) is 5.91 Å². The quantitative estimate of drug-likeness (QED) is 0.934. The van der Waals surface area contributed by atoms with E-state index in [9.17, 15) is 14.7 Å². The Morgan fingerprint density at radius 3 is 2.90 bits per heavy atom. The zero-order valence-corrected chi connectivity index (χ0v) is 12.1. The van der Waals surface area contributed by atoms with Gasteiger partial charge in [0.25, 0.3) is 5.91 Å². The van der Waals surface area contributed by atoms with Gasteiger partial charge in [0.15, 0.2) is 0 Å². The lowest BCUT2D eigenvalue weighted by Gasteiger charge is -2.22. The minimum Gasteiger partial charge on any atom is -0.480 e. The van der Waals surface area contributed by atoms with Gasteiger partial charge in [-0.3, -0.25) is 9.69 Å². The van der Waals surface area contributed by atoms with Crippen LogP contribution in [0.4, 0.5) is 5.69 Å². The SMILES string of the molecule is CCc1nnsc1C(=O)N1c2ccccc2C[C@H]1C(=O)O. The molecule has 2 heterocycles. The van der Waals surface area contributed by atoms with Gasteiger partial charge in [-0.1, -0.05) is 29.6 Å². The number of hydrogen-bond acceptors (Lipinski definition) is 5. The molecule has 0 unspecified atom stereocenters. The maximum Gasteiger partial charge on any atom is 0.327 e. The Balaban J connectivity index is 2.06. The summed E-state index contributed by atoms with van der Waals surface area (Å²) in [5, 5.41) is 13.3. The van der Waals surface area contributed by atoms with Crippen molar-refractivity contribution < 1.29 is 14.7 Å². The Morgan fingerprint density at radius 1 is 1.43 bits per heavy atom. The minimum atomic E-state index is -1.00. The standard InChI is InChI=1S/C14H13N3O3S/c1-2-9-12(21-16-15-9)13(18)17-10-6-4-3-5-8(10)7-11(17)14(19)20/h3-6,11H,2,7H2,1H3,(H,19,20)/t11-/m0/s1. The van der Waals surface area contributed by atoms with Crippen molar-refractivity contribution in [2.45, 2.75) is 25.8 Å². The molecule has 1 N–H and O–H groups in total. The number of rotatable bonds is 3. The Labute approximate surface area is 125 Å². The van der Waals surface area contributed by atoms with Crippen LogP contribution in [0.15, 0.2) is 24.3 Å². The number of carboxylic acid groups (broad SMARTS) is 1. The van der Waals surface area contributed by atoms with Crippen LogP contribution >= 0.6 is 11.5 Å². The molecular formula is C14H13N3O3S. The molecule has 1 aromatic heterocycles. The highest BCUT2D eigenvalue weighted by Crippen LogP contribution is 2.34. The molecule has 1 aromatic carbocycles. The van der Waals surface area contributed by atoms with Crippen molar-refractivity contribution in [3.05, 3.63) is 40.4 Å². The van der Waals surface area contributed by atoms with Gasteiger partial charge in [-0.15, -0.1) is 5.10 Å². The molecule has 21 heavy (non-hydrogen) atoms. The van der Waals surface area contributed by atoms with E-state index in [1.807, 2.05) is 19.1 Å². The van der Waals surface area contributed by atoms with Crippen molar-refractivity contribution in [1.82, 2.24) is 9.59 Å². The number of para-hydroxylation sites is 1. The second-order valence-corrected chi connectivity index (χ2v) is 5.52. The van der Waals surface area contributed by atoms with Crippen LogP contribution in [0.1, 0.15) is 27.9 Å². The summed E-state index contributed by atoms with van der Waals surface area (Å²) in [6, 6.07) is 6.40. The van der Waals surface area contributed by atoms with Crippen molar-refractivity contribution in [2.75, 3.05) is 4.90 Å². The van der Waals surface area contributed by atoms with Gasteiger partial charge in [0.05, 0.1) is 5.69 Å². The molecule has 0 saturated heterocycles. The average molecular weight is 303 g/mol. The molecule has 0 aliphatic carbocycles. The van der Waals surface area contributed by atoms with Crippen LogP contribution in [-0.4, -0.2) is 32.6 Å². The summed E-state index contributed by atoms with van der Waals surface area (Å²) in [6.45, 7) is 1.89. The van der Waals surface area contributed by atoms with E-state index in [4.69, 9.17) is 0 Å². The third-order valence-corrected chi connectivity index (χ3v) is 4.32. The molecule has 3 rings (SSSR count). The molecule has 0 saturated carbocycles. The van der Waals surface area contributed by atoms with Crippen molar-refractivity contribution in [2.24, 2.45) is 0 Å². The minimum absolute atomic E-state index is 0.324. The van der Waals surface area contributed by atoms with Gasteiger partial charge in [0.2, 0.25) is 0 Å². The molecule has 0 fully saturated rings. The molecule has 0 radical (unpaired) electrons. The highest BCUT2D eigenvalue weighted by atomic mass is 32.1. The summed E-state index contributed by atoms with van der Waals surface area (Å²) in [5.41, 5.74) is 2.14. The topological polar surface area (TPSA) is 83.4 Å². The van der Waals surface area contributed by atoms with Crippen LogP contribution < -0.4 is 4.90 Å². The zero-order chi connectivity index (χ0) is 15.0. The summed E-state index contributed by atoms with van der Waals surface area (Å²) in [4.78, 5) is 26.0. The van der Waals surface area contributed by atoms with E-state index >= 15 is 0 Å². The summed E-state index contributed by atoms with van der Waals surface area (Å²) >= 11 is 1.01. The molecule has 0 spiro atoms. The second-order valence-electron chi connectivity index (χ2n) is 4.76. The molecule has 1 aliphatic heterocycles. The van der Waals surface area contributed by atoms with Gasteiger partial charge in [-0.2, -0.15) is 0 Å². The van der Waals surface area contributed by atoms with E-state index < -0.39 is 12.0 Å². The normalized spacial score (nSPS) is 16.8. The Hall–Kier alpha value is -2.28. The van der Waals surface area contributed by atoms with Crippen LogP contribution in [0, 0.1) is 0 Å². The Bertz CT molecular complexity index is 713. The first kappa shape index (κ1) is 13.7. The number of carboxylic acids is 1. The van der Waals surface area contributed by atoms with Crippen molar-refractivity contribution in [3.63, 3.8) is 0 Å². The summed E-state index contributed by atoms with van der Waals surface area (Å²) in [7, 11) is 0. The first-order valence-electron chi connectivity index (χ1n) is 6.59. The summed E-state index contributed by atoms with van der Waals surface area (Å²) in [5.74, 6) is -1.34. The molecular weight excluding hydrogens is 290 g/mol. The fourth-order valence-corrected chi connectivity index (χ4v) is 3.23. The Morgan fingerprint density at radius 2 is 2.19 bits per heavy atom. The predicted molar refractivity (Wildman–Crippen MR) is 77.7 cm³/mol. The van der Waals surface area contributed by atoms with Crippen molar-refractivity contribution >= 4 is 29.1 Å².